The van der Waals surface area contributed by atoms with Crippen molar-refractivity contribution in [1.29, 1.82) is 5.26 Å². The Bertz CT molecular complexity index is 1460. The Balaban J connectivity index is 1.26. The summed E-state index contributed by atoms with van der Waals surface area (Å²) < 4.78 is 15.5. The van der Waals surface area contributed by atoms with Gasteiger partial charge in [0, 0.05) is 45.0 Å². The Labute approximate surface area is 219 Å². The molecule has 192 valence electrons. The molecule has 0 saturated carbocycles. The van der Waals surface area contributed by atoms with E-state index in [1.807, 2.05) is 26.0 Å². The average molecular weight is 513 g/mol. The van der Waals surface area contributed by atoms with E-state index in [-0.39, 0.29) is 18.1 Å². The van der Waals surface area contributed by atoms with Crippen LogP contribution in [0.5, 0.6) is 0 Å². The first kappa shape index (κ1) is 24.9. The predicted octanol–water partition coefficient (Wildman–Crippen LogP) is 0.374. The highest BCUT2D eigenvalue weighted by Crippen LogP contribution is 2.31. The van der Waals surface area contributed by atoms with Crippen molar-refractivity contribution in [2.24, 2.45) is 10.8 Å². The number of benzene rings is 1. The van der Waals surface area contributed by atoms with E-state index in [9.17, 15) is 19.2 Å². The van der Waals surface area contributed by atoms with Crippen LogP contribution in [-0.2, 0) is 11.3 Å². The first-order valence-electron chi connectivity index (χ1n) is 12.2. The van der Waals surface area contributed by atoms with Gasteiger partial charge < -0.3 is 15.5 Å². The molecule has 0 bridgehead atoms. The second-order valence-corrected chi connectivity index (χ2v) is 9.24. The van der Waals surface area contributed by atoms with Crippen LogP contribution in [0.15, 0.2) is 47.7 Å². The van der Waals surface area contributed by atoms with Gasteiger partial charge in [-0.1, -0.05) is 11.5 Å². The van der Waals surface area contributed by atoms with Gasteiger partial charge >= 0.3 is 6.03 Å². The second-order valence-electron chi connectivity index (χ2n) is 9.24. The van der Waals surface area contributed by atoms with Crippen molar-refractivity contribution in [3.8, 4) is 17.5 Å². The summed E-state index contributed by atoms with van der Waals surface area (Å²) >= 11 is 0. The smallest absolute Gasteiger partial charge is 0.341 e. The number of hydrogen-bond donors (Lipinski definition) is 1. The molecule has 4 heterocycles. The van der Waals surface area contributed by atoms with E-state index in [4.69, 9.17) is 10.7 Å². The Morgan fingerprint density at radius 2 is 1.95 bits per heavy atom. The van der Waals surface area contributed by atoms with Crippen molar-refractivity contribution >= 4 is 37.3 Å². The average Bonchev–Trinajstić information content (AvgIpc) is 3.58. The van der Waals surface area contributed by atoms with E-state index in [0.717, 1.165) is 11.3 Å². The molecule has 1 atom stereocenters. The van der Waals surface area contributed by atoms with Crippen LogP contribution in [0.1, 0.15) is 23.6 Å². The van der Waals surface area contributed by atoms with Crippen molar-refractivity contribution in [2.45, 2.75) is 19.0 Å². The lowest BCUT2D eigenvalue weighted by Crippen LogP contribution is -2.52. The number of hydrazone groups is 1. The fourth-order valence-corrected chi connectivity index (χ4v) is 4.71. The Morgan fingerprint density at radius 3 is 2.68 bits per heavy atom. The lowest BCUT2D eigenvalue weighted by atomic mass is 9.93. The summed E-state index contributed by atoms with van der Waals surface area (Å²) in [5.41, 5.74) is 8.32. The number of urea groups is 1. The zero-order valence-electron chi connectivity index (χ0n) is 20.8. The molecular weight excluding hydrogens is 488 g/mol. The molecule has 13 heteroatoms. The minimum absolute atomic E-state index is 0.00462. The maximum absolute atomic E-state index is 14.0. The molecular formula is C25H25BFN9O2. The molecule has 0 aliphatic carbocycles. The minimum Gasteiger partial charge on any atom is -0.368 e. The summed E-state index contributed by atoms with van der Waals surface area (Å²) in [6, 6.07) is 11.1. The molecule has 38 heavy (non-hydrogen) atoms. The number of piperazine rings is 1. The van der Waals surface area contributed by atoms with Crippen LogP contribution in [0.2, 0.25) is 0 Å². The molecule has 1 unspecified atom stereocenters. The summed E-state index contributed by atoms with van der Waals surface area (Å²) in [5, 5.41) is 19.2. The van der Waals surface area contributed by atoms with Gasteiger partial charge in [0.15, 0.2) is 0 Å². The summed E-state index contributed by atoms with van der Waals surface area (Å²) in [7, 11) is 1.95. The summed E-state index contributed by atoms with van der Waals surface area (Å²) in [5.74, 6) is -0.223. The van der Waals surface area contributed by atoms with Gasteiger partial charge in [-0.25, -0.2) is 19.2 Å². The molecule has 2 N–H and O–H groups in total. The van der Waals surface area contributed by atoms with Crippen LogP contribution in [0.3, 0.4) is 0 Å². The van der Waals surface area contributed by atoms with E-state index in [0.29, 0.717) is 49.6 Å². The molecule has 1 saturated heterocycles. The Morgan fingerprint density at radius 1 is 1.16 bits per heavy atom. The first-order chi connectivity index (χ1) is 18.3. The van der Waals surface area contributed by atoms with E-state index in [1.165, 1.54) is 21.8 Å². The molecule has 2 aliphatic rings. The second kappa shape index (κ2) is 10.3. The third-order valence-electron chi connectivity index (χ3n) is 6.62. The Kier molecular flexibility index (Phi) is 6.78. The molecule has 2 aliphatic heterocycles. The Hall–Kier alpha value is -4.73. The zero-order chi connectivity index (χ0) is 26.8. The molecule has 3 amide bonds. The highest BCUT2D eigenvalue weighted by Gasteiger charge is 2.33. The van der Waals surface area contributed by atoms with Crippen molar-refractivity contribution in [3.05, 3.63) is 59.5 Å². The molecule has 1 fully saturated rings. The number of hydrogen-bond acceptors (Lipinski definition) is 7. The van der Waals surface area contributed by atoms with Gasteiger partial charge in [0.2, 0.25) is 5.91 Å². The number of primary amides is 1. The van der Waals surface area contributed by atoms with Gasteiger partial charge in [0.25, 0.3) is 0 Å². The van der Waals surface area contributed by atoms with E-state index in [2.05, 4.69) is 15.1 Å². The molecule has 1 aromatic carbocycles. The normalized spacial score (nSPS) is 17.1. The monoisotopic (exact) mass is 513 g/mol. The summed E-state index contributed by atoms with van der Waals surface area (Å²) in [6.45, 7) is 2.05. The number of aromatic nitrogens is 3. The number of nitrogens with zero attached hydrogens (tertiary/aromatic N) is 8. The molecule has 11 nitrogen and oxygen atoms in total. The van der Waals surface area contributed by atoms with Crippen LogP contribution in [-0.4, -0.2) is 76.9 Å². The largest absolute Gasteiger partial charge is 0.368 e. The number of amides is 3. The van der Waals surface area contributed by atoms with Gasteiger partial charge in [-0.05, 0) is 35.9 Å². The lowest BCUT2D eigenvalue weighted by Gasteiger charge is -2.37. The predicted molar refractivity (Wildman–Crippen MR) is 141 cm³/mol. The van der Waals surface area contributed by atoms with Gasteiger partial charge in [-0.2, -0.15) is 15.5 Å². The highest BCUT2D eigenvalue weighted by atomic mass is 19.1. The fourth-order valence-electron chi connectivity index (χ4n) is 4.71. The fraction of sp³-hybridized carbons (Fsp3) is 0.280. The zero-order valence-corrected chi connectivity index (χ0v) is 20.8. The third-order valence-corrected chi connectivity index (χ3v) is 6.62. The van der Waals surface area contributed by atoms with Crippen LogP contribution in [0.4, 0.5) is 15.0 Å². The number of nitrogens with two attached hydrogens (primary N) is 1. The number of carbonyl (C=O) groups excluding carboxylic acids is 2. The quantitative estimate of drug-likeness (QED) is 0.490. The molecule has 2 aromatic heterocycles. The van der Waals surface area contributed by atoms with Gasteiger partial charge in [-0.3, -0.25) is 9.48 Å². The molecule has 5 rings (SSSR count). The lowest BCUT2D eigenvalue weighted by molar-refractivity contribution is -0.118. The number of nitriles is 1. The van der Waals surface area contributed by atoms with E-state index in [1.54, 1.807) is 29.4 Å². The van der Waals surface area contributed by atoms with Crippen LogP contribution in [0.25, 0.3) is 11.4 Å². The number of rotatable bonds is 5. The van der Waals surface area contributed by atoms with Crippen LogP contribution < -0.4 is 16.1 Å². The number of halogens is 1. The van der Waals surface area contributed by atoms with Crippen LogP contribution in [0, 0.1) is 17.1 Å². The van der Waals surface area contributed by atoms with Gasteiger partial charge in [-0.15, -0.1) is 0 Å². The van der Waals surface area contributed by atoms with E-state index < -0.39 is 17.8 Å². The molecule has 0 radical (unpaired) electrons. The minimum atomic E-state index is -0.517. The third kappa shape index (κ3) is 5.06. The number of pyridine rings is 1. The summed E-state index contributed by atoms with van der Waals surface area (Å²) in [4.78, 5) is 33.2. The number of carbonyl (C=O) groups is 2. The van der Waals surface area contributed by atoms with Crippen molar-refractivity contribution < 1.29 is 14.0 Å². The summed E-state index contributed by atoms with van der Waals surface area (Å²) in [6.07, 6.45) is 3.78. The SMILES string of the molecule is Bc1ccc(N2CCN(C(=O)N3N=CCC3c3cc(F)cc(C#N)c3)CC2)nc1-c1ccn(CC(N)=O)n1. The van der Waals surface area contributed by atoms with Crippen LogP contribution >= 0.6 is 0 Å². The molecule has 0 spiro atoms. The maximum Gasteiger partial charge on any atom is 0.341 e. The molecule has 3 aromatic rings. The van der Waals surface area contributed by atoms with Crippen molar-refractivity contribution in [3.63, 3.8) is 0 Å². The standard InChI is InChI=1S/C25H25BFN9O2/c26-19-1-2-23(31-24(19)20-4-6-35(32-20)15-22(29)37)33-7-9-34(10-8-33)25(38)36-21(3-5-30-36)17-11-16(14-28)12-18(27)13-17/h1-2,4-6,11-13,21H,3,7-10,15,26H2,(H2,29,37). The van der Waals surface area contributed by atoms with E-state index >= 15 is 0 Å². The van der Waals surface area contributed by atoms with Crippen molar-refractivity contribution in [1.82, 2.24) is 24.7 Å². The van der Waals surface area contributed by atoms with Crippen molar-refractivity contribution in [2.75, 3.05) is 31.1 Å². The van der Waals surface area contributed by atoms with Gasteiger partial charge in [0.1, 0.15) is 31.7 Å². The van der Waals surface area contributed by atoms with Gasteiger partial charge in [0.05, 0.1) is 23.4 Å². The first-order valence-corrected chi connectivity index (χ1v) is 12.2. The maximum atomic E-state index is 14.0. The highest BCUT2D eigenvalue weighted by molar-refractivity contribution is 6.35. The topological polar surface area (TPSA) is 137 Å². The number of anilines is 1.